The van der Waals surface area contributed by atoms with E-state index < -0.39 is 4.92 Å². The highest BCUT2D eigenvalue weighted by Gasteiger charge is 2.43. The Bertz CT molecular complexity index is 532. The van der Waals surface area contributed by atoms with Gasteiger partial charge >= 0.3 is 0 Å². The van der Waals surface area contributed by atoms with Gasteiger partial charge in [-0.1, -0.05) is 0 Å². The van der Waals surface area contributed by atoms with Crippen LogP contribution in [0.15, 0.2) is 18.2 Å². The minimum atomic E-state index is -0.457. The Hall–Kier alpha value is -2.13. The van der Waals surface area contributed by atoms with Gasteiger partial charge in [-0.15, -0.1) is 0 Å². The summed E-state index contributed by atoms with van der Waals surface area (Å²) in [7, 11) is 0. The van der Waals surface area contributed by atoms with Crippen molar-refractivity contribution in [3.05, 3.63) is 33.9 Å². The van der Waals surface area contributed by atoms with Crippen LogP contribution < -0.4 is 10.5 Å². The van der Waals surface area contributed by atoms with Crippen molar-refractivity contribution in [2.75, 3.05) is 6.61 Å². The third kappa shape index (κ3) is 3.01. The number of rotatable bonds is 6. The van der Waals surface area contributed by atoms with E-state index in [0.29, 0.717) is 24.3 Å². The lowest BCUT2D eigenvalue weighted by molar-refractivity contribution is -0.384. The van der Waals surface area contributed by atoms with E-state index >= 15 is 0 Å². The van der Waals surface area contributed by atoms with Crippen LogP contribution in [-0.2, 0) is 6.54 Å². The van der Waals surface area contributed by atoms with Gasteiger partial charge in [-0.25, -0.2) is 0 Å². The van der Waals surface area contributed by atoms with E-state index in [4.69, 9.17) is 15.7 Å². The molecule has 0 saturated heterocycles. The maximum atomic E-state index is 10.7. The van der Waals surface area contributed by atoms with Gasteiger partial charge in [0.2, 0.25) is 0 Å². The van der Waals surface area contributed by atoms with Gasteiger partial charge in [0.05, 0.1) is 17.6 Å². The van der Waals surface area contributed by atoms with E-state index in [1.54, 1.807) is 6.07 Å². The zero-order valence-electron chi connectivity index (χ0n) is 10.5. The maximum absolute atomic E-state index is 10.7. The summed E-state index contributed by atoms with van der Waals surface area (Å²) in [5.41, 5.74) is 6.17. The third-order valence-electron chi connectivity index (χ3n) is 3.42. The highest BCUT2D eigenvalue weighted by atomic mass is 16.6. The Morgan fingerprint density at radius 1 is 1.53 bits per heavy atom. The summed E-state index contributed by atoms with van der Waals surface area (Å²) in [5, 5.41) is 19.4. The standard InChI is InChI=1S/C13H15N3O3/c14-6-5-13(3-4-13)9-19-12-2-1-11(16(17)18)7-10(12)8-15/h1-2,7H,3-5,8-9,15H2. The number of non-ortho nitro benzene ring substituents is 1. The fourth-order valence-electron chi connectivity index (χ4n) is 1.93. The van der Waals surface area contributed by atoms with Gasteiger partial charge in [0.1, 0.15) is 5.75 Å². The predicted octanol–water partition coefficient (Wildman–Crippen LogP) is 2.13. The summed E-state index contributed by atoms with van der Waals surface area (Å²) in [6.07, 6.45) is 2.47. The van der Waals surface area contributed by atoms with Gasteiger partial charge < -0.3 is 10.5 Å². The highest BCUT2D eigenvalue weighted by Crippen LogP contribution is 2.48. The molecule has 0 aliphatic heterocycles. The van der Waals surface area contributed by atoms with E-state index in [-0.39, 0.29) is 17.6 Å². The quantitative estimate of drug-likeness (QED) is 0.624. The van der Waals surface area contributed by atoms with Crippen LogP contribution >= 0.6 is 0 Å². The molecule has 1 aliphatic carbocycles. The first-order valence-corrected chi connectivity index (χ1v) is 6.07. The molecule has 0 amide bonds. The fourth-order valence-corrected chi connectivity index (χ4v) is 1.93. The molecule has 0 radical (unpaired) electrons. The highest BCUT2D eigenvalue weighted by molar-refractivity contribution is 5.43. The molecule has 0 atom stereocenters. The van der Waals surface area contributed by atoms with E-state index in [1.165, 1.54) is 12.1 Å². The molecule has 2 rings (SSSR count). The molecule has 6 nitrogen and oxygen atoms in total. The molecule has 0 aromatic heterocycles. The summed E-state index contributed by atoms with van der Waals surface area (Å²) < 4.78 is 5.69. The average molecular weight is 261 g/mol. The molecule has 19 heavy (non-hydrogen) atoms. The van der Waals surface area contributed by atoms with Crippen LogP contribution in [0.25, 0.3) is 0 Å². The summed E-state index contributed by atoms with van der Waals surface area (Å²) in [4.78, 5) is 10.2. The van der Waals surface area contributed by atoms with Crippen LogP contribution in [0.4, 0.5) is 5.69 Å². The number of nitriles is 1. The fraction of sp³-hybridized carbons (Fsp3) is 0.462. The molecule has 1 fully saturated rings. The lowest BCUT2D eigenvalue weighted by atomic mass is 10.1. The summed E-state index contributed by atoms with van der Waals surface area (Å²) in [6, 6.07) is 6.57. The van der Waals surface area contributed by atoms with Gasteiger partial charge in [0.15, 0.2) is 0 Å². The number of benzene rings is 1. The number of hydrogen-bond donors (Lipinski definition) is 1. The van der Waals surface area contributed by atoms with Crippen molar-refractivity contribution < 1.29 is 9.66 Å². The van der Waals surface area contributed by atoms with Crippen molar-refractivity contribution in [2.24, 2.45) is 11.1 Å². The molecule has 0 heterocycles. The van der Waals surface area contributed by atoms with Crippen LogP contribution in [0.1, 0.15) is 24.8 Å². The van der Waals surface area contributed by atoms with Gasteiger partial charge in [-0.2, -0.15) is 5.26 Å². The number of nitro groups is 1. The minimum Gasteiger partial charge on any atom is -0.493 e. The predicted molar refractivity (Wildman–Crippen MR) is 68.4 cm³/mol. The number of nitro benzene ring substituents is 1. The number of nitrogens with zero attached hydrogens (tertiary/aromatic N) is 2. The van der Waals surface area contributed by atoms with Crippen LogP contribution in [0.2, 0.25) is 0 Å². The summed E-state index contributed by atoms with van der Waals surface area (Å²) >= 11 is 0. The number of nitrogens with two attached hydrogens (primary N) is 1. The molecular weight excluding hydrogens is 246 g/mol. The lowest BCUT2D eigenvalue weighted by Gasteiger charge is -2.15. The van der Waals surface area contributed by atoms with Gasteiger partial charge in [0, 0.05) is 36.1 Å². The molecule has 1 saturated carbocycles. The van der Waals surface area contributed by atoms with Crippen LogP contribution in [0.3, 0.4) is 0 Å². The Balaban J connectivity index is 2.08. The van der Waals surface area contributed by atoms with Gasteiger partial charge in [0.25, 0.3) is 5.69 Å². The topological polar surface area (TPSA) is 102 Å². The first kappa shape index (κ1) is 13.3. The Morgan fingerprint density at radius 2 is 2.26 bits per heavy atom. The molecule has 1 aliphatic rings. The lowest BCUT2D eigenvalue weighted by Crippen LogP contribution is -2.14. The maximum Gasteiger partial charge on any atom is 0.270 e. The van der Waals surface area contributed by atoms with Crippen LogP contribution in [-0.4, -0.2) is 11.5 Å². The van der Waals surface area contributed by atoms with Crippen LogP contribution in [0.5, 0.6) is 5.75 Å². The van der Waals surface area contributed by atoms with E-state index in [1.807, 2.05) is 0 Å². The third-order valence-corrected chi connectivity index (χ3v) is 3.42. The van der Waals surface area contributed by atoms with E-state index in [9.17, 15) is 10.1 Å². The van der Waals surface area contributed by atoms with Crippen molar-refractivity contribution in [1.29, 1.82) is 5.26 Å². The molecule has 6 heteroatoms. The molecule has 2 N–H and O–H groups in total. The van der Waals surface area contributed by atoms with Crippen molar-refractivity contribution in [3.8, 4) is 11.8 Å². The van der Waals surface area contributed by atoms with Crippen molar-refractivity contribution in [2.45, 2.75) is 25.8 Å². The molecule has 1 aromatic carbocycles. The smallest absolute Gasteiger partial charge is 0.270 e. The SMILES string of the molecule is N#CCC1(COc2ccc([N+](=O)[O-])cc2CN)CC1. The van der Waals surface area contributed by atoms with Gasteiger partial charge in [-0.05, 0) is 18.9 Å². The summed E-state index contributed by atoms with van der Waals surface area (Å²) in [5.74, 6) is 0.567. The first-order valence-electron chi connectivity index (χ1n) is 6.07. The normalized spacial score (nSPS) is 15.6. The van der Waals surface area contributed by atoms with Crippen molar-refractivity contribution in [3.63, 3.8) is 0 Å². The monoisotopic (exact) mass is 261 g/mol. The number of ether oxygens (including phenoxy) is 1. The minimum absolute atomic E-state index is 0.00552. The molecule has 0 bridgehead atoms. The molecular formula is C13H15N3O3. The zero-order valence-corrected chi connectivity index (χ0v) is 10.5. The molecule has 0 spiro atoms. The first-order chi connectivity index (χ1) is 9.10. The second-order valence-corrected chi connectivity index (χ2v) is 4.88. The Kier molecular flexibility index (Phi) is 3.67. The van der Waals surface area contributed by atoms with Crippen molar-refractivity contribution in [1.82, 2.24) is 0 Å². The average Bonchev–Trinajstić information content (AvgIpc) is 3.16. The molecule has 0 unspecified atom stereocenters. The van der Waals surface area contributed by atoms with Crippen LogP contribution in [0, 0.1) is 26.9 Å². The second kappa shape index (κ2) is 5.24. The Morgan fingerprint density at radius 3 is 2.79 bits per heavy atom. The van der Waals surface area contributed by atoms with E-state index in [2.05, 4.69) is 6.07 Å². The van der Waals surface area contributed by atoms with E-state index in [0.717, 1.165) is 12.8 Å². The Labute approximate surface area is 110 Å². The van der Waals surface area contributed by atoms with Crippen molar-refractivity contribution >= 4 is 5.69 Å². The zero-order chi connectivity index (χ0) is 13.9. The van der Waals surface area contributed by atoms with Gasteiger partial charge in [-0.3, -0.25) is 10.1 Å². The molecule has 1 aromatic rings. The second-order valence-electron chi connectivity index (χ2n) is 4.88. The molecule has 100 valence electrons. The number of hydrogen-bond acceptors (Lipinski definition) is 5. The largest absolute Gasteiger partial charge is 0.493 e. The summed E-state index contributed by atoms with van der Waals surface area (Å²) in [6.45, 7) is 0.646.